The van der Waals surface area contributed by atoms with E-state index < -0.39 is 0 Å². The lowest BCUT2D eigenvalue weighted by molar-refractivity contribution is 0.180. The van der Waals surface area contributed by atoms with Crippen LogP contribution in [-0.4, -0.2) is 17.1 Å². The van der Waals surface area contributed by atoms with Crippen LogP contribution in [0.1, 0.15) is 11.3 Å². The smallest absolute Gasteiger partial charge is 0.198 e. The molecule has 0 fully saturated rings. The fraction of sp³-hybridized carbons (Fsp3) is 0.429. The van der Waals surface area contributed by atoms with E-state index in [0.29, 0.717) is 6.61 Å². The van der Waals surface area contributed by atoms with E-state index in [1.54, 1.807) is 13.3 Å². The highest BCUT2D eigenvalue weighted by Gasteiger charge is 1.96. The summed E-state index contributed by atoms with van der Waals surface area (Å²) in [5, 5.41) is 0. The van der Waals surface area contributed by atoms with Gasteiger partial charge in [-0.15, -0.1) is 0 Å². The maximum Gasteiger partial charge on any atom is 0.198 e. The van der Waals surface area contributed by atoms with E-state index in [-0.39, 0.29) is 0 Å². The molecule has 3 nitrogen and oxygen atoms in total. The molecule has 3 heteroatoms. The average molecular weight is 137 g/mol. The Labute approximate surface area is 60.1 Å². The Morgan fingerprint density at radius 1 is 1.70 bits per heavy atom. The fourth-order valence-electron chi connectivity index (χ4n) is 0.660. The van der Waals surface area contributed by atoms with E-state index in [0.717, 1.165) is 11.3 Å². The van der Waals surface area contributed by atoms with Crippen molar-refractivity contribution in [3.05, 3.63) is 23.8 Å². The predicted octanol–water partition coefficient (Wildman–Crippen LogP) is 0.732. The first kappa shape index (κ1) is 7.15. The van der Waals surface area contributed by atoms with Crippen molar-refractivity contribution in [3.8, 4) is 0 Å². The minimum Gasteiger partial charge on any atom is -0.378 e. The second kappa shape index (κ2) is 3.27. The zero-order chi connectivity index (χ0) is 7.40. The molecule has 0 N–H and O–H groups in total. The van der Waals surface area contributed by atoms with Gasteiger partial charge in [0.15, 0.2) is 6.33 Å². The molecule has 10 heavy (non-hydrogen) atoms. The molecule has 1 aromatic heterocycles. The molecule has 1 aromatic rings. The number of nitrogens with zero attached hydrogens (tertiary/aromatic N) is 2. The summed E-state index contributed by atoms with van der Waals surface area (Å²) in [5.41, 5.74) is 1.94. The molecule has 53 valence electrons. The highest BCUT2D eigenvalue weighted by molar-refractivity contribution is 5.11. The zero-order valence-electron chi connectivity index (χ0n) is 6.09. The van der Waals surface area contributed by atoms with Gasteiger partial charge in [-0.1, -0.05) is 0 Å². The Bertz CT molecular complexity index is 213. The van der Waals surface area contributed by atoms with E-state index in [4.69, 9.17) is 4.74 Å². The molecule has 0 spiro atoms. The predicted molar refractivity (Wildman–Crippen MR) is 36.3 cm³/mol. The number of ether oxygens (including phenoxy) is 1. The molecular formula is C7H9N2O. The average Bonchev–Trinajstić information content (AvgIpc) is 1.94. The summed E-state index contributed by atoms with van der Waals surface area (Å²) >= 11 is 0. The van der Waals surface area contributed by atoms with Gasteiger partial charge in [-0.2, -0.15) is 0 Å². The van der Waals surface area contributed by atoms with Gasteiger partial charge in [0, 0.05) is 13.3 Å². The molecule has 0 atom stereocenters. The van der Waals surface area contributed by atoms with Crippen molar-refractivity contribution in [1.82, 2.24) is 9.97 Å². The highest BCUT2D eigenvalue weighted by atomic mass is 16.5. The Hall–Kier alpha value is -0.960. The third kappa shape index (κ3) is 1.51. The van der Waals surface area contributed by atoms with Gasteiger partial charge in [0.25, 0.3) is 0 Å². The normalized spacial score (nSPS) is 9.80. The largest absolute Gasteiger partial charge is 0.378 e. The van der Waals surface area contributed by atoms with Gasteiger partial charge >= 0.3 is 0 Å². The molecule has 1 heterocycles. The maximum atomic E-state index is 4.90. The Morgan fingerprint density at radius 2 is 2.50 bits per heavy atom. The van der Waals surface area contributed by atoms with Gasteiger partial charge in [0.2, 0.25) is 0 Å². The van der Waals surface area contributed by atoms with Crippen molar-refractivity contribution in [1.29, 1.82) is 0 Å². The SMILES string of the molecule is COCc1n[c]ncc1C. The molecule has 0 unspecified atom stereocenters. The molecule has 0 aliphatic heterocycles. The molecule has 0 aromatic carbocycles. The highest BCUT2D eigenvalue weighted by Crippen LogP contribution is 2.00. The van der Waals surface area contributed by atoms with Crippen LogP contribution in [0.15, 0.2) is 6.20 Å². The van der Waals surface area contributed by atoms with Gasteiger partial charge in [-0.05, 0) is 12.5 Å². The monoisotopic (exact) mass is 137 g/mol. The number of aryl methyl sites for hydroxylation is 1. The second-order valence-electron chi connectivity index (χ2n) is 2.03. The Kier molecular flexibility index (Phi) is 2.34. The van der Waals surface area contributed by atoms with Crippen LogP contribution in [0.2, 0.25) is 0 Å². The van der Waals surface area contributed by atoms with E-state index >= 15 is 0 Å². The molecular weight excluding hydrogens is 128 g/mol. The zero-order valence-corrected chi connectivity index (χ0v) is 6.09. The second-order valence-corrected chi connectivity index (χ2v) is 2.03. The van der Waals surface area contributed by atoms with E-state index in [1.807, 2.05) is 6.92 Å². The lowest BCUT2D eigenvalue weighted by Crippen LogP contribution is -1.96. The maximum absolute atomic E-state index is 4.90. The number of rotatable bonds is 2. The summed E-state index contributed by atoms with van der Waals surface area (Å²) in [6.07, 6.45) is 4.23. The van der Waals surface area contributed by atoms with Crippen LogP contribution in [0.4, 0.5) is 0 Å². The minimum absolute atomic E-state index is 0.533. The lowest BCUT2D eigenvalue weighted by Gasteiger charge is -1.99. The number of hydrogen-bond acceptors (Lipinski definition) is 3. The summed E-state index contributed by atoms with van der Waals surface area (Å²) in [7, 11) is 1.64. The van der Waals surface area contributed by atoms with Gasteiger partial charge in [0.05, 0.1) is 12.3 Å². The third-order valence-corrected chi connectivity index (χ3v) is 1.24. The first-order valence-electron chi connectivity index (χ1n) is 3.02. The molecule has 0 saturated heterocycles. The first-order chi connectivity index (χ1) is 4.84. The van der Waals surface area contributed by atoms with Crippen LogP contribution in [0.25, 0.3) is 0 Å². The molecule has 1 rings (SSSR count). The minimum atomic E-state index is 0.533. The van der Waals surface area contributed by atoms with Crippen molar-refractivity contribution >= 4 is 0 Å². The quantitative estimate of drug-likeness (QED) is 0.602. The van der Waals surface area contributed by atoms with E-state index in [9.17, 15) is 0 Å². The van der Waals surface area contributed by atoms with Crippen LogP contribution < -0.4 is 0 Å². The number of methoxy groups -OCH3 is 1. The molecule has 0 bridgehead atoms. The summed E-state index contributed by atoms with van der Waals surface area (Å²) < 4.78 is 4.90. The van der Waals surface area contributed by atoms with E-state index in [2.05, 4.69) is 16.3 Å². The van der Waals surface area contributed by atoms with Crippen LogP contribution in [0.5, 0.6) is 0 Å². The fourth-order valence-corrected chi connectivity index (χ4v) is 0.660. The van der Waals surface area contributed by atoms with Gasteiger partial charge in [-0.3, -0.25) is 0 Å². The summed E-state index contributed by atoms with van der Waals surface area (Å²) in [4.78, 5) is 7.64. The standard InChI is InChI=1S/C7H9N2O/c1-6-3-8-5-9-7(6)4-10-2/h3H,4H2,1-2H3. The third-order valence-electron chi connectivity index (χ3n) is 1.24. The van der Waals surface area contributed by atoms with Crippen LogP contribution >= 0.6 is 0 Å². The summed E-state index contributed by atoms with van der Waals surface area (Å²) in [5.74, 6) is 0. The molecule has 1 radical (unpaired) electrons. The van der Waals surface area contributed by atoms with Gasteiger partial charge in [0.1, 0.15) is 0 Å². The summed E-state index contributed by atoms with van der Waals surface area (Å²) in [6, 6.07) is 0. The molecule has 0 saturated carbocycles. The molecule has 0 amide bonds. The van der Waals surface area contributed by atoms with Crippen LogP contribution in [0, 0.1) is 13.3 Å². The van der Waals surface area contributed by atoms with Crippen molar-refractivity contribution < 1.29 is 4.74 Å². The number of hydrogen-bond donors (Lipinski definition) is 0. The van der Waals surface area contributed by atoms with Crippen molar-refractivity contribution in [3.63, 3.8) is 0 Å². The van der Waals surface area contributed by atoms with Crippen molar-refractivity contribution in [2.45, 2.75) is 13.5 Å². The first-order valence-corrected chi connectivity index (χ1v) is 3.02. The number of aromatic nitrogens is 2. The Balaban J connectivity index is 2.81. The van der Waals surface area contributed by atoms with Crippen LogP contribution in [0.3, 0.4) is 0 Å². The lowest BCUT2D eigenvalue weighted by atomic mass is 10.3. The van der Waals surface area contributed by atoms with Gasteiger partial charge < -0.3 is 4.74 Å². The Morgan fingerprint density at radius 3 is 3.10 bits per heavy atom. The summed E-state index contributed by atoms with van der Waals surface area (Å²) in [6.45, 7) is 2.48. The van der Waals surface area contributed by atoms with Crippen LogP contribution in [-0.2, 0) is 11.3 Å². The van der Waals surface area contributed by atoms with Gasteiger partial charge in [-0.25, -0.2) is 9.97 Å². The van der Waals surface area contributed by atoms with E-state index in [1.165, 1.54) is 0 Å². The van der Waals surface area contributed by atoms with Crippen molar-refractivity contribution in [2.24, 2.45) is 0 Å². The van der Waals surface area contributed by atoms with Crippen molar-refractivity contribution in [2.75, 3.05) is 7.11 Å². The molecule has 0 aliphatic rings. The topological polar surface area (TPSA) is 35.0 Å². The molecule has 0 aliphatic carbocycles.